The van der Waals surface area contributed by atoms with Gasteiger partial charge in [-0.2, -0.15) is 21.6 Å². The van der Waals surface area contributed by atoms with Gasteiger partial charge >= 0.3 is 21.6 Å². The number of esters is 1. The molecule has 0 saturated heterocycles. The van der Waals surface area contributed by atoms with Gasteiger partial charge in [-0.1, -0.05) is 0 Å². The monoisotopic (exact) mass is 328 g/mol. The van der Waals surface area contributed by atoms with Crippen LogP contribution in [0.5, 0.6) is 11.5 Å². The molecule has 0 aliphatic rings. The third-order valence-corrected chi connectivity index (χ3v) is 3.13. The van der Waals surface area contributed by atoms with Crippen LogP contribution in [-0.2, 0) is 14.9 Å². The van der Waals surface area contributed by atoms with Gasteiger partial charge in [-0.15, -0.1) is 0 Å². The van der Waals surface area contributed by atoms with Gasteiger partial charge in [0.2, 0.25) is 0 Å². The van der Waals surface area contributed by atoms with E-state index in [0.717, 1.165) is 25.3 Å². The maximum absolute atomic E-state index is 12.2. The van der Waals surface area contributed by atoms with E-state index in [2.05, 4.69) is 8.92 Å². The van der Waals surface area contributed by atoms with Gasteiger partial charge in [-0.3, -0.25) is 0 Å². The smallest absolute Gasteiger partial charge is 0.493 e. The van der Waals surface area contributed by atoms with Crippen LogP contribution < -0.4 is 8.92 Å². The van der Waals surface area contributed by atoms with E-state index in [-0.39, 0.29) is 17.9 Å². The fraction of sp³-hybridized carbons (Fsp3) is 0.364. The van der Waals surface area contributed by atoms with Crippen molar-refractivity contribution in [1.82, 2.24) is 0 Å². The standard InChI is InChI=1S/C11H11F3O6S/c1-3-19-9-6-7(4-5-8(9)10(15)18-2)20-21(16,17)11(12,13)14/h4-6H,3H2,1-2H3. The minimum atomic E-state index is -5.79. The highest BCUT2D eigenvalue weighted by molar-refractivity contribution is 7.88. The summed E-state index contributed by atoms with van der Waals surface area (Å²) >= 11 is 0. The second-order valence-corrected chi connectivity index (χ2v) is 5.10. The number of rotatable bonds is 5. The summed E-state index contributed by atoms with van der Waals surface area (Å²) in [5, 5.41) is 0. The molecule has 118 valence electrons. The highest BCUT2D eigenvalue weighted by atomic mass is 32.2. The first-order valence-electron chi connectivity index (χ1n) is 5.48. The first-order chi connectivity index (χ1) is 9.62. The molecule has 0 radical (unpaired) electrons. The van der Waals surface area contributed by atoms with E-state index in [1.807, 2.05) is 0 Å². The molecule has 0 aliphatic heterocycles. The minimum Gasteiger partial charge on any atom is -0.493 e. The molecule has 0 saturated carbocycles. The number of halogens is 3. The number of benzene rings is 1. The summed E-state index contributed by atoms with van der Waals surface area (Å²) in [7, 11) is -4.69. The Bertz CT molecular complexity index is 623. The summed E-state index contributed by atoms with van der Waals surface area (Å²) in [5.74, 6) is -1.58. The lowest BCUT2D eigenvalue weighted by Crippen LogP contribution is -2.28. The SMILES string of the molecule is CCOc1cc(OS(=O)(=O)C(F)(F)F)ccc1C(=O)OC. The van der Waals surface area contributed by atoms with Crippen LogP contribution >= 0.6 is 0 Å². The average Bonchev–Trinajstić information content (AvgIpc) is 2.37. The Kier molecular flexibility index (Phi) is 5.05. The lowest BCUT2D eigenvalue weighted by atomic mass is 10.2. The molecule has 21 heavy (non-hydrogen) atoms. The Labute approximate surface area is 118 Å². The molecule has 0 bridgehead atoms. The normalized spacial score (nSPS) is 11.9. The van der Waals surface area contributed by atoms with Crippen molar-refractivity contribution >= 4 is 16.1 Å². The summed E-state index contributed by atoms with van der Waals surface area (Å²) in [6, 6.07) is 2.79. The number of carbonyl (C=O) groups excluding carboxylic acids is 1. The molecule has 0 aromatic heterocycles. The molecule has 1 aromatic rings. The first kappa shape index (κ1) is 17.1. The molecule has 0 N–H and O–H groups in total. The Balaban J connectivity index is 3.18. The van der Waals surface area contributed by atoms with Crippen molar-refractivity contribution in [1.29, 1.82) is 0 Å². The van der Waals surface area contributed by atoms with E-state index >= 15 is 0 Å². The van der Waals surface area contributed by atoms with Crippen molar-refractivity contribution in [3.63, 3.8) is 0 Å². The summed E-state index contributed by atoms with van der Waals surface area (Å²) in [4.78, 5) is 11.4. The van der Waals surface area contributed by atoms with Gasteiger partial charge < -0.3 is 13.7 Å². The molecule has 0 unspecified atom stereocenters. The Morgan fingerprint density at radius 2 is 1.90 bits per heavy atom. The molecule has 1 aromatic carbocycles. The van der Waals surface area contributed by atoms with Crippen molar-refractivity contribution in [2.75, 3.05) is 13.7 Å². The van der Waals surface area contributed by atoms with E-state index in [9.17, 15) is 26.4 Å². The number of carbonyl (C=O) groups is 1. The molecule has 0 atom stereocenters. The van der Waals surface area contributed by atoms with E-state index in [0.29, 0.717) is 0 Å². The largest absolute Gasteiger partial charge is 0.534 e. The van der Waals surface area contributed by atoms with Crippen LogP contribution in [0.3, 0.4) is 0 Å². The molecular weight excluding hydrogens is 317 g/mol. The number of methoxy groups -OCH3 is 1. The van der Waals surface area contributed by atoms with E-state index in [1.165, 1.54) is 0 Å². The van der Waals surface area contributed by atoms with Crippen LogP contribution in [0, 0.1) is 0 Å². The van der Waals surface area contributed by atoms with Crippen molar-refractivity contribution in [3.8, 4) is 11.5 Å². The number of hydrogen-bond donors (Lipinski definition) is 0. The van der Waals surface area contributed by atoms with Crippen molar-refractivity contribution in [2.45, 2.75) is 12.4 Å². The third-order valence-electron chi connectivity index (χ3n) is 2.15. The van der Waals surface area contributed by atoms with Gasteiger partial charge in [0.25, 0.3) is 0 Å². The predicted octanol–water partition coefficient (Wildman–Crippen LogP) is 2.10. The van der Waals surface area contributed by atoms with Crippen LogP contribution in [0.15, 0.2) is 18.2 Å². The van der Waals surface area contributed by atoms with Crippen LogP contribution in [0.1, 0.15) is 17.3 Å². The van der Waals surface area contributed by atoms with Gasteiger partial charge in [0, 0.05) is 6.07 Å². The molecule has 0 amide bonds. The van der Waals surface area contributed by atoms with Gasteiger partial charge in [0.05, 0.1) is 13.7 Å². The van der Waals surface area contributed by atoms with Gasteiger partial charge in [-0.25, -0.2) is 4.79 Å². The molecule has 10 heteroatoms. The minimum absolute atomic E-state index is 0.0730. The zero-order valence-corrected chi connectivity index (χ0v) is 11.7. The Morgan fingerprint density at radius 3 is 2.38 bits per heavy atom. The quantitative estimate of drug-likeness (QED) is 0.468. The maximum Gasteiger partial charge on any atom is 0.534 e. The first-order valence-corrected chi connectivity index (χ1v) is 6.89. The second kappa shape index (κ2) is 6.20. The molecule has 0 heterocycles. The number of hydrogen-bond acceptors (Lipinski definition) is 6. The zero-order chi connectivity index (χ0) is 16.3. The molecule has 0 spiro atoms. The average molecular weight is 328 g/mol. The molecule has 6 nitrogen and oxygen atoms in total. The topological polar surface area (TPSA) is 78.9 Å². The second-order valence-electron chi connectivity index (χ2n) is 3.57. The van der Waals surface area contributed by atoms with Gasteiger partial charge in [0.15, 0.2) is 0 Å². The number of ether oxygens (including phenoxy) is 2. The zero-order valence-electron chi connectivity index (χ0n) is 10.9. The predicted molar refractivity (Wildman–Crippen MR) is 64.6 cm³/mol. The Hall–Kier alpha value is -1.97. The summed E-state index contributed by atoms with van der Waals surface area (Å²) in [6.45, 7) is 1.67. The lowest BCUT2D eigenvalue weighted by molar-refractivity contribution is -0.0500. The molecule has 0 aliphatic carbocycles. The highest BCUT2D eigenvalue weighted by Gasteiger charge is 2.48. The molecular formula is C11H11F3O6S. The maximum atomic E-state index is 12.2. The lowest BCUT2D eigenvalue weighted by Gasteiger charge is -2.12. The highest BCUT2D eigenvalue weighted by Crippen LogP contribution is 2.30. The fourth-order valence-corrected chi connectivity index (χ4v) is 1.73. The van der Waals surface area contributed by atoms with Crippen molar-refractivity contribution in [3.05, 3.63) is 23.8 Å². The molecule has 0 fully saturated rings. The summed E-state index contributed by atoms with van der Waals surface area (Å²) < 4.78 is 71.8. The Morgan fingerprint density at radius 1 is 1.29 bits per heavy atom. The van der Waals surface area contributed by atoms with Crippen molar-refractivity contribution < 1.29 is 40.0 Å². The fourth-order valence-electron chi connectivity index (χ4n) is 1.28. The van der Waals surface area contributed by atoms with E-state index in [4.69, 9.17) is 4.74 Å². The van der Waals surface area contributed by atoms with Crippen LogP contribution in [0.25, 0.3) is 0 Å². The van der Waals surface area contributed by atoms with Crippen LogP contribution in [-0.4, -0.2) is 33.6 Å². The summed E-state index contributed by atoms with van der Waals surface area (Å²) in [5.41, 5.74) is -5.63. The van der Waals surface area contributed by atoms with E-state index in [1.54, 1.807) is 6.92 Å². The van der Waals surface area contributed by atoms with E-state index < -0.39 is 27.3 Å². The molecule has 1 rings (SSSR count). The van der Waals surface area contributed by atoms with Gasteiger partial charge in [0.1, 0.15) is 17.1 Å². The van der Waals surface area contributed by atoms with Crippen molar-refractivity contribution in [2.24, 2.45) is 0 Å². The van der Waals surface area contributed by atoms with Gasteiger partial charge in [-0.05, 0) is 19.1 Å². The van der Waals surface area contributed by atoms with Crippen LogP contribution in [0.4, 0.5) is 13.2 Å². The third kappa shape index (κ3) is 4.00. The number of alkyl halides is 3. The van der Waals surface area contributed by atoms with Crippen LogP contribution in [0.2, 0.25) is 0 Å². The summed E-state index contributed by atoms with van der Waals surface area (Å²) in [6.07, 6.45) is 0.